The van der Waals surface area contributed by atoms with Crippen molar-refractivity contribution in [1.29, 1.82) is 0 Å². The van der Waals surface area contributed by atoms with E-state index in [9.17, 15) is 5.11 Å². The summed E-state index contributed by atoms with van der Waals surface area (Å²) < 4.78 is 6.38. The lowest BCUT2D eigenvalue weighted by atomic mass is 9.89. The van der Waals surface area contributed by atoms with Gasteiger partial charge in [0.25, 0.3) is 0 Å². The predicted molar refractivity (Wildman–Crippen MR) is 78.8 cm³/mol. The lowest BCUT2D eigenvalue weighted by Gasteiger charge is -2.41. The van der Waals surface area contributed by atoms with E-state index in [-0.39, 0.29) is 17.2 Å². The fourth-order valence-corrected chi connectivity index (χ4v) is 3.28. The second-order valence-corrected chi connectivity index (χ2v) is 11.5. The molecule has 18 heavy (non-hydrogen) atoms. The van der Waals surface area contributed by atoms with Crippen LogP contribution in [0.4, 0.5) is 0 Å². The second kappa shape index (κ2) is 5.20. The summed E-state index contributed by atoms with van der Waals surface area (Å²) in [4.78, 5) is 0. The third-order valence-corrected chi connectivity index (χ3v) is 8.79. The number of aliphatic hydroxyl groups excluding tert-OH is 1. The van der Waals surface area contributed by atoms with Crippen molar-refractivity contribution in [2.75, 3.05) is 0 Å². The Labute approximate surface area is 113 Å². The Morgan fingerprint density at radius 1 is 1.39 bits per heavy atom. The van der Waals surface area contributed by atoms with E-state index < -0.39 is 8.32 Å². The van der Waals surface area contributed by atoms with Crippen molar-refractivity contribution in [2.45, 2.75) is 70.9 Å². The monoisotopic (exact) mass is 266 g/mol. The lowest BCUT2D eigenvalue weighted by molar-refractivity contribution is 0.0928. The van der Waals surface area contributed by atoms with Crippen LogP contribution in [-0.4, -0.2) is 25.6 Å². The number of hydrogen-bond donors (Lipinski definition) is 1. The van der Waals surface area contributed by atoms with Crippen molar-refractivity contribution >= 4 is 8.32 Å². The lowest BCUT2D eigenvalue weighted by Crippen LogP contribution is -2.45. The average Bonchev–Trinajstić information content (AvgIpc) is 2.20. The number of hydrogen-bond acceptors (Lipinski definition) is 2. The van der Waals surface area contributed by atoms with Gasteiger partial charge < -0.3 is 9.53 Å². The highest BCUT2D eigenvalue weighted by Crippen LogP contribution is 2.40. The maximum Gasteiger partial charge on any atom is 0.192 e. The molecule has 1 N–H and O–H groups in total. The summed E-state index contributed by atoms with van der Waals surface area (Å²) in [6, 6.07) is 0. The third-order valence-electron chi connectivity index (χ3n) is 4.30. The van der Waals surface area contributed by atoms with E-state index in [1.54, 1.807) is 0 Å². The number of terminal acetylenes is 1. The molecule has 102 valence electrons. The van der Waals surface area contributed by atoms with Gasteiger partial charge >= 0.3 is 0 Å². The van der Waals surface area contributed by atoms with Gasteiger partial charge in [-0.2, -0.15) is 0 Å². The number of aliphatic hydroxyl groups is 1. The molecule has 0 spiro atoms. The summed E-state index contributed by atoms with van der Waals surface area (Å²) in [6.07, 6.45) is 6.39. The van der Waals surface area contributed by atoms with Crippen molar-refractivity contribution in [3.05, 3.63) is 11.1 Å². The van der Waals surface area contributed by atoms with Crippen molar-refractivity contribution in [1.82, 2.24) is 0 Å². The van der Waals surface area contributed by atoms with E-state index in [4.69, 9.17) is 10.8 Å². The van der Waals surface area contributed by atoms with Crippen molar-refractivity contribution < 1.29 is 9.53 Å². The Morgan fingerprint density at radius 2 is 1.94 bits per heavy atom. The molecule has 2 atom stereocenters. The standard InChI is InChI=1S/C15H26O2Si/c1-8-12-9-13(16)10-14(11(12)2)17-18(6,7)15(3,4)5/h1,13-14,16H,9-10H2,2-7H3/t13-,14-/m0/s1. The minimum atomic E-state index is -1.82. The summed E-state index contributed by atoms with van der Waals surface area (Å²) in [5, 5.41) is 10.1. The normalized spacial score (nSPS) is 26.1. The third kappa shape index (κ3) is 3.26. The fraction of sp³-hybridized carbons (Fsp3) is 0.733. The molecule has 0 unspecified atom stereocenters. The molecule has 3 heteroatoms. The summed E-state index contributed by atoms with van der Waals surface area (Å²) in [5.74, 6) is 2.69. The zero-order valence-corrected chi connectivity index (χ0v) is 13.5. The van der Waals surface area contributed by atoms with Crippen LogP contribution in [0.25, 0.3) is 0 Å². The molecule has 0 aromatic carbocycles. The fourth-order valence-electron chi connectivity index (χ4n) is 1.94. The smallest absolute Gasteiger partial charge is 0.192 e. The first kappa shape index (κ1) is 15.5. The Balaban J connectivity index is 2.95. The van der Waals surface area contributed by atoms with Gasteiger partial charge in [0.15, 0.2) is 8.32 Å². The van der Waals surface area contributed by atoms with Crippen LogP contribution in [0.15, 0.2) is 11.1 Å². The quantitative estimate of drug-likeness (QED) is 0.612. The molecule has 2 nitrogen and oxygen atoms in total. The topological polar surface area (TPSA) is 29.5 Å². The van der Waals surface area contributed by atoms with E-state index in [0.717, 1.165) is 11.1 Å². The summed E-state index contributed by atoms with van der Waals surface area (Å²) >= 11 is 0. The molecule has 0 radical (unpaired) electrons. The van der Waals surface area contributed by atoms with Crippen molar-refractivity contribution in [3.8, 4) is 12.3 Å². The van der Waals surface area contributed by atoms with Gasteiger partial charge in [-0.3, -0.25) is 0 Å². The first-order chi connectivity index (χ1) is 8.08. The van der Waals surface area contributed by atoms with Gasteiger partial charge in [0.2, 0.25) is 0 Å². The van der Waals surface area contributed by atoms with Crippen LogP contribution in [0, 0.1) is 12.3 Å². The highest BCUT2D eigenvalue weighted by Gasteiger charge is 2.40. The first-order valence-electron chi connectivity index (χ1n) is 6.60. The van der Waals surface area contributed by atoms with Crippen LogP contribution in [0.1, 0.15) is 40.5 Å². The van der Waals surface area contributed by atoms with Gasteiger partial charge in [-0.25, -0.2) is 0 Å². The Morgan fingerprint density at radius 3 is 2.39 bits per heavy atom. The van der Waals surface area contributed by atoms with Crippen LogP contribution in [0.2, 0.25) is 18.1 Å². The SMILES string of the molecule is C#CC1=C(C)[C@@H](O[Si](C)(C)C(C)(C)C)C[C@@H](O)C1. The van der Waals surface area contributed by atoms with Crippen molar-refractivity contribution in [2.24, 2.45) is 0 Å². The van der Waals surface area contributed by atoms with E-state index in [0.29, 0.717) is 12.8 Å². The molecule has 0 aromatic rings. The van der Waals surface area contributed by atoms with Crippen LogP contribution in [0.5, 0.6) is 0 Å². The van der Waals surface area contributed by atoms with Crippen molar-refractivity contribution in [3.63, 3.8) is 0 Å². The largest absolute Gasteiger partial charge is 0.410 e. The Bertz CT molecular complexity index is 382. The highest BCUT2D eigenvalue weighted by atomic mass is 28.4. The van der Waals surface area contributed by atoms with Gasteiger partial charge in [-0.05, 0) is 30.6 Å². The molecule has 0 fully saturated rings. The van der Waals surface area contributed by atoms with E-state index in [1.165, 1.54) is 0 Å². The zero-order chi connectivity index (χ0) is 14.1. The molecule has 0 amide bonds. The minimum absolute atomic E-state index is 0.0132. The van der Waals surface area contributed by atoms with Gasteiger partial charge in [-0.15, -0.1) is 6.42 Å². The molecule has 0 saturated carbocycles. The summed E-state index contributed by atoms with van der Waals surface area (Å²) in [7, 11) is -1.82. The minimum Gasteiger partial charge on any atom is -0.410 e. The molecule has 0 bridgehead atoms. The van der Waals surface area contributed by atoms with Crippen LogP contribution < -0.4 is 0 Å². The molecule has 1 aliphatic carbocycles. The first-order valence-corrected chi connectivity index (χ1v) is 9.51. The second-order valence-electron chi connectivity index (χ2n) is 6.77. The van der Waals surface area contributed by atoms with Gasteiger partial charge in [0.1, 0.15) is 0 Å². The maximum atomic E-state index is 9.90. The van der Waals surface area contributed by atoms with Crippen LogP contribution >= 0.6 is 0 Å². The van der Waals surface area contributed by atoms with E-state index >= 15 is 0 Å². The zero-order valence-electron chi connectivity index (χ0n) is 12.5. The van der Waals surface area contributed by atoms with Gasteiger partial charge in [-0.1, -0.05) is 26.7 Å². The molecule has 0 saturated heterocycles. The molecule has 0 heterocycles. The number of rotatable bonds is 2. The van der Waals surface area contributed by atoms with E-state index in [2.05, 4.69) is 39.8 Å². The molecule has 0 aromatic heterocycles. The van der Waals surface area contributed by atoms with Crippen LogP contribution in [-0.2, 0) is 4.43 Å². The van der Waals surface area contributed by atoms with Gasteiger partial charge in [0.05, 0.1) is 12.2 Å². The summed E-state index contributed by atoms with van der Waals surface area (Å²) in [6.45, 7) is 13.2. The molecular formula is C15H26O2Si. The molecule has 1 aliphatic rings. The Kier molecular flexibility index (Phi) is 4.48. The maximum absolute atomic E-state index is 9.90. The summed E-state index contributed by atoms with van der Waals surface area (Å²) in [5.41, 5.74) is 2.05. The van der Waals surface area contributed by atoms with Crippen LogP contribution in [0.3, 0.4) is 0 Å². The average molecular weight is 266 g/mol. The van der Waals surface area contributed by atoms with Gasteiger partial charge in [0, 0.05) is 18.4 Å². The predicted octanol–water partition coefficient (Wildman–Crippen LogP) is 3.48. The molecule has 1 rings (SSSR count). The molecular weight excluding hydrogens is 240 g/mol. The Hall–Kier alpha value is -0.563. The highest BCUT2D eigenvalue weighted by molar-refractivity contribution is 6.74. The molecule has 0 aliphatic heterocycles. The van der Waals surface area contributed by atoms with E-state index in [1.807, 2.05) is 6.92 Å².